The summed E-state index contributed by atoms with van der Waals surface area (Å²) in [5.41, 5.74) is 0.388. The third-order valence-corrected chi connectivity index (χ3v) is 3.43. The summed E-state index contributed by atoms with van der Waals surface area (Å²) in [4.78, 5) is 4.00. The van der Waals surface area contributed by atoms with Crippen molar-refractivity contribution in [2.45, 2.75) is 10.4 Å². The number of halogens is 6. The molecule has 0 radical (unpaired) electrons. The fourth-order valence-electron chi connectivity index (χ4n) is 1.56. The summed E-state index contributed by atoms with van der Waals surface area (Å²) in [6.07, 6.45) is 0. The summed E-state index contributed by atoms with van der Waals surface area (Å²) in [7, 11) is 0. The third kappa shape index (κ3) is 5.82. The van der Waals surface area contributed by atoms with Crippen LogP contribution >= 0.6 is 58.0 Å². The van der Waals surface area contributed by atoms with Crippen LogP contribution in [-0.4, -0.2) is 15.4 Å². The van der Waals surface area contributed by atoms with Gasteiger partial charge in [-0.3, -0.25) is 0 Å². The molecule has 0 aliphatic carbocycles. The monoisotopic (exact) mass is 417 g/mol. The number of ether oxygens (including phenoxy) is 2. The Balaban J connectivity index is 2.15. The average Bonchev–Trinajstić information content (AvgIpc) is 2.44. The van der Waals surface area contributed by atoms with Gasteiger partial charge in [-0.1, -0.05) is 64.1 Å². The van der Waals surface area contributed by atoms with Gasteiger partial charge in [0.25, 0.3) is 5.88 Å². The molecule has 0 aliphatic heterocycles. The lowest BCUT2D eigenvalue weighted by molar-refractivity contribution is 0.122. The van der Waals surface area contributed by atoms with Gasteiger partial charge in [0.15, 0.2) is 11.6 Å². The molecule has 124 valence electrons. The Kier molecular flexibility index (Phi) is 6.60. The van der Waals surface area contributed by atoms with Crippen LogP contribution in [0, 0.1) is 5.82 Å². The van der Waals surface area contributed by atoms with E-state index in [0.29, 0.717) is 5.69 Å². The predicted molar refractivity (Wildman–Crippen MR) is 90.7 cm³/mol. The number of alkyl halides is 3. The van der Waals surface area contributed by atoms with Crippen molar-refractivity contribution in [3.05, 3.63) is 51.9 Å². The molecule has 0 aliphatic rings. The standard InChI is InChI=1S/C14H9Cl5FNO2/c15-9-2-1-3-10(16)12(9)23-13-11(20)5-4-8(21-13)6-22-7-14(17,18)19/h1-5H,6-7H2. The molecule has 9 heteroatoms. The fourth-order valence-corrected chi connectivity index (χ4v) is 2.27. The number of aromatic nitrogens is 1. The van der Waals surface area contributed by atoms with Crippen LogP contribution in [0.25, 0.3) is 0 Å². The average molecular weight is 419 g/mol. The largest absolute Gasteiger partial charge is 0.433 e. The molecular formula is C14H9Cl5FNO2. The van der Waals surface area contributed by atoms with Crippen LogP contribution in [0.2, 0.25) is 10.0 Å². The van der Waals surface area contributed by atoms with E-state index in [2.05, 4.69) is 4.98 Å². The van der Waals surface area contributed by atoms with Gasteiger partial charge in [0, 0.05) is 0 Å². The number of hydrogen-bond donors (Lipinski definition) is 0. The topological polar surface area (TPSA) is 31.4 Å². The lowest BCUT2D eigenvalue weighted by Gasteiger charge is -2.12. The lowest BCUT2D eigenvalue weighted by atomic mass is 10.3. The first kappa shape index (κ1) is 18.8. The summed E-state index contributed by atoms with van der Waals surface area (Å²) in [5, 5.41) is 0.466. The second-order valence-electron chi connectivity index (χ2n) is 4.35. The first-order chi connectivity index (χ1) is 10.8. The van der Waals surface area contributed by atoms with E-state index in [1.54, 1.807) is 18.2 Å². The van der Waals surface area contributed by atoms with Crippen molar-refractivity contribution < 1.29 is 13.9 Å². The van der Waals surface area contributed by atoms with Gasteiger partial charge in [0.05, 0.1) is 29.0 Å². The molecule has 23 heavy (non-hydrogen) atoms. The maximum absolute atomic E-state index is 13.9. The van der Waals surface area contributed by atoms with Crippen molar-refractivity contribution in [1.29, 1.82) is 0 Å². The van der Waals surface area contributed by atoms with Gasteiger partial charge in [-0.2, -0.15) is 0 Å². The molecule has 0 spiro atoms. The number of hydrogen-bond acceptors (Lipinski definition) is 3. The minimum Gasteiger partial charge on any atom is -0.433 e. The number of pyridine rings is 1. The summed E-state index contributed by atoms with van der Waals surface area (Å²) in [6.45, 7) is -0.121. The smallest absolute Gasteiger partial charge is 0.256 e. The van der Waals surface area contributed by atoms with Gasteiger partial charge in [-0.25, -0.2) is 9.37 Å². The molecule has 1 aromatic carbocycles. The zero-order valence-electron chi connectivity index (χ0n) is 11.3. The quantitative estimate of drug-likeness (QED) is 0.540. The van der Waals surface area contributed by atoms with E-state index < -0.39 is 9.61 Å². The maximum Gasteiger partial charge on any atom is 0.256 e. The molecule has 1 heterocycles. The first-order valence-corrected chi connectivity index (χ1v) is 8.07. The molecule has 0 saturated heterocycles. The van der Waals surface area contributed by atoms with Crippen LogP contribution in [0.15, 0.2) is 30.3 Å². The summed E-state index contributed by atoms with van der Waals surface area (Å²) < 4.78 is 22.9. The highest BCUT2D eigenvalue weighted by Crippen LogP contribution is 2.36. The molecule has 0 N–H and O–H groups in total. The number of rotatable bonds is 5. The highest BCUT2D eigenvalue weighted by molar-refractivity contribution is 6.67. The molecule has 3 nitrogen and oxygen atoms in total. The zero-order chi connectivity index (χ0) is 17.0. The number of benzene rings is 1. The second kappa shape index (κ2) is 8.06. The summed E-state index contributed by atoms with van der Waals surface area (Å²) in [6, 6.07) is 7.38. The van der Waals surface area contributed by atoms with Crippen molar-refractivity contribution in [1.82, 2.24) is 4.98 Å². The van der Waals surface area contributed by atoms with Gasteiger partial charge in [0.2, 0.25) is 3.79 Å². The third-order valence-electron chi connectivity index (χ3n) is 2.50. The molecular weight excluding hydrogens is 410 g/mol. The van der Waals surface area contributed by atoms with Gasteiger partial charge >= 0.3 is 0 Å². The molecule has 0 bridgehead atoms. The highest BCUT2D eigenvalue weighted by atomic mass is 35.6. The van der Waals surface area contributed by atoms with Crippen molar-refractivity contribution in [3.8, 4) is 11.6 Å². The second-order valence-corrected chi connectivity index (χ2v) is 7.68. The minimum absolute atomic E-state index is 0.0147. The van der Waals surface area contributed by atoms with E-state index in [-0.39, 0.29) is 34.9 Å². The van der Waals surface area contributed by atoms with Crippen LogP contribution in [0.5, 0.6) is 11.6 Å². The van der Waals surface area contributed by atoms with E-state index in [9.17, 15) is 4.39 Å². The molecule has 2 rings (SSSR count). The maximum atomic E-state index is 13.9. The molecule has 0 amide bonds. The Bertz CT molecular complexity index is 673. The van der Waals surface area contributed by atoms with Crippen LogP contribution in [0.1, 0.15) is 5.69 Å². The first-order valence-electron chi connectivity index (χ1n) is 6.18. The van der Waals surface area contributed by atoms with Crippen LogP contribution < -0.4 is 4.74 Å². The minimum atomic E-state index is -1.54. The Labute approximate surface area is 157 Å². The van der Waals surface area contributed by atoms with E-state index >= 15 is 0 Å². The van der Waals surface area contributed by atoms with Gasteiger partial charge in [-0.05, 0) is 24.3 Å². The van der Waals surface area contributed by atoms with Crippen molar-refractivity contribution in [2.75, 3.05) is 6.61 Å². The Morgan fingerprint density at radius 3 is 2.30 bits per heavy atom. The lowest BCUT2D eigenvalue weighted by Crippen LogP contribution is -2.13. The number of nitrogens with zero attached hydrogens (tertiary/aromatic N) is 1. The summed E-state index contributed by atoms with van der Waals surface area (Å²) >= 11 is 28.7. The molecule has 1 aromatic heterocycles. The van der Waals surface area contributed by atoms with Crippen LogP contribution in [0.3, 0.4) is 0 Å². The van der Waals surface area contributed by atoms with Gasteiger partial charge < -0.3 is 9.47 Å². The van der Waals surface area contributed by atoms with Crippen molar-refractivity contribution >= 4 is 58.0 Å². The van der Waals surface area contributed by atoms with E-state index in [1.165, 1.54) is 12.1 Å². The van der Waals surface area contributed by atoms with Gasteiger partial charge in [0.1, 0.15) is 0 Å². The molecule has 0 atom stereocenters. The summed E-state index contributed by atoms with van der Waals surface area (Å²) in [5.74, 6) is -0.845. The SMILES string of the molecule is Fc1ccc(COCC(Cl)(Cl)Cl)nc1Oc1c(Cl)cccc1Cl. The van der Waals surface area contributed by atoms with E-state index in [4.69, 9.17) is 67.5 Å². The Morgan fingerprint density at radius 2 is 1.70 bits per heavy atom. The highest BCUT2D eigenvalue weighted by Gasteiger charge is 2.20. The van der Waals surface area contributed by atoms with Crippen LogP contribution in [0.4, 0.5) is 4.39 Å². The van der Waals surface area contributed by atoms with Crippen molar-refractivity contribution in [2.24, 2.45) is 0 Å². The predicted octanol–water partition coefficient (Wildman–Crippen LogP) is 6.21. The molecule has 0 fully saturated rings. The zero-order valence-corrected chi connectivity index (χ0v) is 15.1. The molecule has 0 saturated carbocycles. The number of para-hydroxylation sites is 1. The van der Waals surface area contributed by atoms with Gasteiger partial charge in [-0.15, -0.1) is 0 Å². The Morgan fingerprint density at radius 1 is 1.04 bits per heavy atom. The fraction of sp³-hybridized carbons (Fsp3) is 0.214. The normalized spacial score (nSPS) is 11.6. The molecule has 2 aromatic rings. The van der Waals surface area contributed by atoms with Crippen LogP contribution in [-0.2, 0) is 11.3 Å². The Hall–Kier alpha value is -0.490. The van der Waals surface area contributed by atoms with Crippen molar-refractivity contribution in [3.63, 3.8) is 0 Å². The van der Waals surface area contributed by atoms with E-state index in [1.807, 2.05) is 0 Å². The molecule has 0 unspecified atom stereocenters. The van der Waals surface area contributed by atoms with E-state index in [0.717, 1.165) is 0 Å².